The maximum Gasteiger partial charge on any atom is 0.315 e. The van der Waals surface area contributed by atoms with Gasteiger partial charge in [0.2, 0.25) is 5.91 Å². The zero-order valence-electron chi connectivity index (χ0n) is 11.9. The standard InChI is InChI=1S/C13H24N4O2S/c1-14-6-7-15-11(18)5-3-2-4-10-12-9(8-20-10)16-13(19)17-12/h9-10,12,14H,2-8H2,1H3,(H,15,18)(H2,16,17,19)/t9-,10-,12-/m0/s1. The molecule has 6 nitrogen and oxygen atoms in total. The molecular weight excluding hydrogens is 276 g/mol. The van der Waals surface area contributed by atoms with Crippen LogP contribution < -0.4 is 21.3 Å². The Kier molecular flexibility index (Phi) is 5.97. The van der Waals surface area contributed by atoms with Gasteiger partial charge < -0.3 is 21.3 Å². The molecule has 3 amide bonds. The Hall–Kier alpha value is -0.950. The summed E-state index contributed by atoms with van der Waals surface area (Å²) in [6, 6.07) is 0.536. The number of carbonyl (C=O) groups excluding carboxylic acids is 2. The number of nitrogens with one attached hydrogen (secondary N) is 4. The van der Waals surface area contributed by atoms with Crippen molar-refractivity contribution in [3.05, 3.63) is 0 Å². The number of likely N-dealkylation sites (N-methyl/N-ethyl adjacent to an activating group) is 1. The fourth-order valence-corrected chi connectivity index (χ4v) is 4.23. The largest absolute Gasteiger partial charge is 0.355 e. The van der Waals surface area contributed by atoms with Crippen LogP contribution in [0.3, 0.4) is 0 Å². The van der Waals surface area contributed by atoms with E-state index in [1.165, 1.54) is 0 Å². The van der Waals surface area contributed by atoms with Gasteiger partial charge in [-0.3, -0.25) is 4.79 Å². The minimum Gasteiger partial charge on any atom is -0.355 e. The van der Waals surface area contributed by atoms with Crippen LogP contribution in [0.15, 0.2) is 0 Å². The average Bonchev–Trinajstić information content (AvgIpc) is 2.95. The number of hydrogen-bond donors (Lipinski definition) is 4. The topological polar surface area (TPSA) is 82.3 Å². The summed E-state index contributed by atoms with van der Waals surface area (Å²) < 4.78 is 0. The molecule has 7 heteroatoms. The molecule has 0 unspecified atom stereocenters. The number of hydrogen-bond acceptors (Lipinski definition) is 4. The quantitative estimate of drug-likeness (QED) is 0.377. The highest BCUT2D eigenvalue weighted by atomic mass is 32.2. The summed E-state index contributed by atoms with van der Waals surface area (Å²) in [5.74, 6) is 1.13. The first kappa shape index (κ1) is 15.4. The molecular formula is C13H24N4O2S. The lowest BCUT2D eigenvalue weighted by Crippen LogP contribution is -2.36. The zero-order chi connectivity index (χ0) is 14.4. The minimum absolute atomic E-state index is 0.0331. The van der Waals surface area contributed by atoms with Gasteiger partial charge in [-0.1, -0.05) is 6.42 Å². The molecule has 20 heavy (non-hydrogen) atoms. The third-order valence-electron chi connectivity index (χ3n) is 3.78. The van der Waals surface area contributed by atoms with E-state index in [4.69, 9.17) is 0 Å². The highest BCUT2D eigenvalue weighted by Gasteiger charge is 2.42. The summed E-state index contributed by atoms with van der Waals surface area (Å²) in [4.78, 5) is 22.8. The average molecular weight is 300 g/mol. The van der Waals surface area contributed by atoms with Crippen molar-refractivity contribution in [3.63, 3.8) is 0 Å². The van der Waals surface area contributed by atoms with Gasteiger partial charge in [-0.15, -0.1) is 0 Å². The van der Waals surface area contributed by atoms with E-state index in [0.717, 1.165) is 31.6 Å². The highest BCUT2D eigenvalue weighted by molar-refractivity contribution is 8.00. The highest BCUT2D eigenvalue weighted by Crippen LogP contribution is 2.33. The SMILES string of the molecule is CNCCNC(=O)CCCC[C@@H]1SC[C@@H]2NC(=O)N[C@@H]21. The van der Waals surface area contributed by atoms with E-state index < -0.39 is 0 Å². The number of urea groups is 1. The molecule has 0 aliphatic carbocycles. The first-order valence-corrected chi connectivity index (χ1v) is 8.35. The van der Waals surface area contributed by atoms with Gasteiger partial charge in [0.15, 0.2) is 0 Å². The van der Waals surface area contributed by atoms with Crippen molar-refractivity contribution in [2.24, 2.45) is 0 Å². The van der Waals surface area contributed by atoms with E-state index in [9.17, 15) is 9.59 Å². The molecule has 2 aliphatic heterocycles. The molecule has 2 saturated heterocycles. The van der Waals surface area contributed by atoms with Crippen LogP contribution >= 0.6 is 11.8 Å². The van der Waals surface area contributed by atoms with Crippen LogP contribution in [0.25, 0.3) is 0 Å². The molecule has 4 N–H and O–H groups in total. The predicted molar refractivity (Wildman–Crippen MR) is 80.9 cm³/mol. The van der Waals surface area contributed by atoms with Crippen LogP contribution in [0, 0.1) is 0 Å². The van der Waals surface area contributed by atoms with Crippen molar-refractivity contribution < 1.29 is 9.59 Å². The van der Waals surface area contributed by atoms with Crippen molar-refractivity contribution in [1.82, 2.24) is 21.3 Å². The summed E-state index contributed by atoms with van der Waals surface area (Å²) in [5, 5.41) is 12.3. The van der Waals surface area contributed by atoms with Gasteiger partial charge in [0.1, 0.15) is 0 Å². The maximum atomic E-state index is 11.5. The summed E-state index contributed by atoms with van der Waals surface area (Å²) in [6.07, 6.45) is 3.62. The first-order chi connectivity index (χ1) is 9.70. The van der Waals surface area contributed by atoms with Gasteiger partial charge in [0, 0.05) is 30.5 Å². The van der Waals surface area contributed by atoms with E-state index in [1.807, 2.05) is 18.8 Å². The second-order valence-corrected chi connectivity index (χ2v) is 6.59. The molecule has 2 fully saturated rings. The zero-order valence-corrected chi connectivity index (χ0v) is 12.7. The molecule has 2 aliphatic rings. The van der Waals surface area contributed by atoms with Crippen LogP contribution in [-0.4, -0.2) is 55.2 Å². The molecule has 0 spiro atoms. The number of fused-ring (bicyclic) bond motifs is 1. The number of amides is 3. The lowest BCUT2D eigenvalue weighted by atomic mass is 10.0. The minimum atomic E-state index is -0.0331. The molecule has 0 radical (unpaired) electrons. The van der Waals surface area contributed by atoms with Crippen LogP contribution in [0.1, 0.15) is 25.7 Å². The van der Waals surface area contributed by atoms with Gasteiger partial charge in [-0.2, -0.15) is 11.8 Å². The molecule has 114 valence electrons. The number of rotatable bonds is 8. The van der Waals surface area contributed by atoms with Crippen molar-refractivity contribution in [3.8, 4) is 0 Å². The van der Waals surface area contributed by atoms with Crippen molar-refractivity contribution in [2.75, 3.05) is 25.9 Å². The first-order valence-electron chi connectivity index (χ1n) is 7.30. The summed E-state index contributed by atoms with van der Waals surface area (Å²) >= 11 is 1.93. The number of thioether (sulfide) groups is 1. The van der Waals surface area contributed by atoms with E-state index >= 15 is 0 Å². The molecule has 0 bridgehead atoms. The second kappa shape index (κ2) is 7.73. The second-order valence-electron chi connectivity index (χ2n) is 5.32. The Balaban J connectivity index is 1.55. The van der Waals surface area contributed by atoms with Crippen LogP contribution in [0.4, 0.5) is 4.79 Å². The Morgan fingerprint density at radius 3 is 3.00 bits per heavy atom. The van der Waals surface area contributed by atoms with Gasteiger partial charge in [-0.05, 0) is 19.9 Å². The predicted octanol–water partition coefficient (Wildman–Crippen LogP) is 0.0478. The summed E-state index contributed by atoms with van der Waals surface area (Å²) in [5.41, 5.74) is 0. The van der Waals surface area contributed by atoms with Crippen LogP contribution in [0.2, 0.25) is 0 Å². The number of carbonyl (C=O) groups is 2. The van der Waals surface area contributed by atoms with Gasteiger partial charge in [0.25, 0.3) is 0 Å². The molecule has 3 atom stereocenters. The lowest BCUT2D eigenvalue weighted by molar-refractivity contribution is -0.121. The van der Waals surface area contributed by atoms with Crippen molar-refractivity contribution in [2.45, 2.75) is 43.0 Å². The lowest BCUT2D eigenvalue weighted by Gasteiger charge is -2.16. The third-order valence-corrected chi connectivity index (χ3v) is 5.29. The number of unbranched alkanes of at least 4 members (excludes halogenated alkanes) is 1. The van der Waals surface area contributed by atoms with E-state index in [2.05, 4.69) is 21.3 Å². The molecule has 0 aromatic heterocycles. The smallest absolute Gasteiger partial charge is 0.315 e. The summed E-state index contributed by atoms with van der Waals surface area (Å²) in [7, 11) is 1.87. The van der Waals surface area contributed by atoms with Gasteiger partial charge in [0.05, 0.1) is 12.1 Å². The van der Waals surface area contributed by atoms with Crippen molar-refractivity contribution >= 4 is 23.7 Å². The Bertz CT molecular complexity index is 353. The molecule has 2 heterocycles. The fraction of sp³-hybridized carbons (Fsp3) is 0.846. The normalized spacial score (nSPS) is 27.9. The van der Waals surface area contributed by atoms with Gasteiger partial charge >= 0.3 is 6.03 Å². The Morgan fingerprint density at radius 2 is 2.20 bits per heavy atom. The monoisotopic (exact) mass is 300 g/mol. The molecule has 0 saturated carbocycles. The van der Waals surface area contributed by atoms with Gasteiger partial charge in [-0.25, -0.2) is 4.79 Å². The van der Waals surface area contributed by atoms with Crippen molar-refractivity contribution in [1.29, 1.82) is 0 Å². The fourth-order valence-electron chi connectivity index (χ4n) is 2.69. The van der Waals surface area contributed by atoms with E-state index in [-0.39, 0.29) is 18.0 Å². The molecule has 2 rings (SSSR count). The maximum absolute atomic E-state index is 11.5. The van der Waals surface area contributed by atoms with Crippen LogP contribution in [0.5, 0.6) is 0 Å². The third kappa shape index (κ3) is 4.28. The molecule has 0 aromatic carbocycles. The Morgan fingerprint density at radius 1 is 1.35 bits per heavy atom. The molecule has 0 aromatic rings. The Labute approximate surface area is 124 Å². The van der Waals surface area contributed by atoms with E-state index in [0.29, 0.717) is 24.3 Å². The summed E-state index contributed by atoms with van der Waals surface area (Å²) in [6.45, 7) is 1.50. The van der Waals surface area contributed by atoms with E-state index in [1.54, 1.807) is 0 Å². The van der Waals surface area contributed by atoms with Crippen LogP contribution in [-0.2, 0) is 4.79 Å².